The first-order chi connectivity index (χ1) is 9.17. The van der Waals surface area contributed by atoms with E-state index in [4.69, 9.17) is 15.6 Å². The van der Waals surface area contributed by atoms with Gasteiger partial charge in [0.1, 0.15) is 5.60 Å². The van der Waals surface area contributed by atoms with Crippen LogP contribution in [0, 0.1) is 0 Å². The molecule has 0 aromatic heterocycles. The average Bonchev–Trinajstić information content (AvgIpc) is 2.25. The molecule has 0 saturated heterocycles. The van der Waals surface area contributed by atoms with Crippen molar-refractivity contribution in [1.82, 2.24) is 0 Å². The normalized spacial score (nSPS) is 12.6. The maximum absolute atomic E-state index is 11.6. The lowest BCUT2D eigenvalue weighted by molar-refractivity contribution is -0.137. The van der Waals surface area contributed by atoms with Crippen LogP contribution in [0.1, 0.15) is 38.8 Å². The highest BCUT2D eigenvalue weighted by molar-refractivity contribution is 5.85. The van der Waals surface area contributed by atoms with Gasteiger partial charge in [-0.1, -0.05) is 12.1 Å². The zero-order chi connectivity index (χ0) is 15.3. The maximum Gasteiger partial charge on any atom is 0.412 e. The van der Waals surface area contributed by atoms with Crippen LogP contribution in [0.3, 0.4) is 0 Å². The minimum absolute atomic E-state index is 0.171. The molecule has 4 N–H and O–H groups in total. The molecule has 0 aliphatic heterocycles. The van der Waals surface area contributed by atoms with E-state index in [0.29, 0.717) is 11.3 Å². The number of carboxylic acid groups (broad SMARTS) is 1. The zero-order valence-corrected chi connectivity index (χ0v) is 11.8. The van der Waals surface area contributed by atoms with Crippen LogP contribution in [0.2, 0.25) is 0 Å². The lowest BCUT2D eigenvalue weighted by atomic mass is 10.0. The van der Waals surface area contributed by atoms with Gasteiger partial charge in [-0.25, -0.2) is 4.79 Å². The standard InChI is InChI=1S/C14H20N2O4/c1-14(2,3)20-13(19)16-10-6-4-5-9(7-10)11(15)8-12(17)18/h4-7,11H,8,15H2,1-3H3,(H,16,19)(H,17,18). The Labute approximate surface area is 117 Å². The molecule has 0 aliphatic carbocycles. The van der Waals surface area contributed by atoms with Crippen molar-refractivity contribution >= 4 is 17.7 Å². The van der Waals surface area contributed by atoms with Gasteiger partial charge in [0.25, 0.3) is 0 Å². The van der Waals surface area contributed by atoms with Gasteiger partial charge in [-0.3, -0.25) is 10.1 Å². The molecule has 1 aromatic carbocycles. The number of nitrogens with one attached hydrogen (secondary N) is 1. The lowest BCUT2D eigenvalue weighted by Gasteiger charge is -2.20. The first kappa shape index (κ1) is 16.0. The Hall–Kier alpha value is -2.08. The summed E-state index contributed by atoms with van der Waals surface area (Å²) >= 11 is 0. The van der Waals surface area contributed by atoms with Gasteiger partial charge >= 0.3 is 12.1 Å². The van der Waals surface area contributed by atoms with Gasteiger partial charge in [0.05, 0.1) is 6.42 Å². The third-order valence-corrected chi connectivity index (χ3v) is 2.35. The number of nitrogens with two attached hydrogens (primary N) is 1. The molecule has 6 heteroatoms. The maximum atomic E-state index is 11.6. The van der Waals surface area contributed by atoms with E-state index in [1.54, 1.807) is 45.0 Å². The van der Waals surface area contributed by atoms with Crippen LogP contribution in [0.5, 0.6) is 0 Å². The highest BCUT2D eigenvalue weighted by Crippen LogP contribution is 2.19. The fourth-order valence-electron chi connectivity index (χ4n) is 1.57. The first-order valence-electron chi connectivity index (χ1n) is 6.25. The van der Waals surface area contributed by atoms with Gasteiger partial charge in [-0.05, 0) is 38.5 Å². The number of aliphatic carboxylic acids is 1. The fraction of sp³-hybridized carbons (Fsp3) is 0.429. The Kier molecular flexibility index (Phi) is 5.10. The van der Waals surface area contributed by atoms with Crippen LogP contribution >= 0.6 is 0 Å². The number of benzene rings is 1. The van der Waals surface area contributed by atoms with E-state index < -0.39 is 23.7 Å². The molecule has 0 radical (unpaired) electrons. The van der Waals surface area contributed by atoms with E-state index in [-0.39, 0.29) is 6.42 Å². The van der Waals surface area contributed by atoms with Crippen LogP contribution in [0.25, 0.3) is 0 Å². The summed E-state index contributed by atoms with van der Waals surface area (Å²) in [5, 5.41) is 11.3. The molecule has 1 aromatic rings. The molecular formula is C14H20N2O4. The van der Waals surface area contributed by atoms with Gasteiger partial charge in [-0.15, -0.1) is 0 Å². The molecule has 1 unspecified atom stereocenters. The number of rotatable bonds is 4. The minimum Gasteiger partial charge on any atom is -0.481 e. The number of amides is 1. The van der Waals surface area contributed by atoms with Crippen molar-refractivity contribution in [3.8, 4) is 0 Å². The molecule has 1 rings (SSSR count). The number of ether oxygens (including phenoxy) is 1. The van der Waals surface area contributed by atoms with E-state index in [0.717, 1.165) is 0 Å². The summed E-state index contributed by atoms with van der Waals surface area (Å²) in [7, 11) is 0. The number of carboxylic acids is 1. The molecule has 0 aliphatic rings. The molecule has 1 amide bonds. The van der Waals surface area contributed by atoms with Crippen LogP contribution in [-0.2, 0) is 9.53 Å². The monoisotopic (exact) mass is 280 g/mol. The van der Waals surface area contributed by atoms with E-state index >= 15 is 0 Å². The van der Waals surface area contributed by atoms with Crippen molar-refractivity contribution in [3.05, 3.63) is 29.8 Å². The smallest absolute Gasteiger partial charge is 0.412 e. The summed E-state index contributed by atoms with van der Waals surface area (Å²) in [6.07, 6.45) is -0.739. The summed E-state index contributed by atoms with van der Waals surface area (Å²) in [5.41, 5.74) is 6.34. The van der Waals surface area contributed by atoms with Crippen LogP contribution in [-0.4, -0.2) is 22.8 Å². The molecule has 0 heterocycles. The zero-order valence-electron chi connectivity index (χ0n) is 11.8. The second-order valence-electron chi connectivity index (χ2n) is 5.46. The van der Waals surface area contributed by atoms with E-state index in [9.17, 15) is 9.59 Å². The largest absolute Gasteiger partial charge is 0.481 e. The number of carbonyl (C=O) groups excluding carboxylic acids is 1. The van der Waals surface area contributed by atoms with Crippen molar-refractivity contribution in [1.29, 1.82) is 0 Å². The van der Waals surface area contributed by atoms with Crippen molar-refractivity contribution < 1.29 is 19.4 Å². The molecule has 0 bridgehead atoms. The van der Waals surface area contributed by atoms with Crippen molar-refractivity contribution in [2.75, 3.05) is 5.32 Å². The van der Waals surface area contributed by atoms with E-state index in [1.807, 2.05) is 0 Å². The van der Waals surface area contributed by atoms with Gasteiger partial charge in [0.15, 0.2) is 0 Å². The molecule has 1 atom stereocenters. The van der Waals surface area contributed by atoms with E-state index in [1.165, 1.54) is 0 Å². The quantitative estimate of drug-likeness (QED) is 0.786. The molecule has 0 spiro atoms. The predicted molar refractivity (Wildman–Crippen MR) is 75.5 cm³/mol. The van der Waals surface area contributed by atoms with Crippen molar-refractivity contribution in [3.63, 3.8) is 0 Å². The molecule has 20 heavy (non-hydrogen) atoms. The lowest BCUT2D eigenvalue weighted by Crippen LogP contribution is -2.27. The summed E-state index contributed by atoms with van der Waals surface area (Å²) < 4.78 is 5.13. The number of hydrogen-bond donors (Lipinski definition) is 3. The van der Waals surface area contributed by atoms with Crippen LogP contribution in [0.4, 0.5) is 10.5 Å². The van der Waals surface area contributed by atoms with Gasteiger partial charge in [-0.2, -0.15) is 0 Å². The number of anilines is 1. The van der Waals surface area contributed by atoms with Crippen molar-refractivity contribution in [2.45, 2.75) is 38.8 Å². The third kappa shape index (κ3) is 5.71. The predicted octanol–water partition coefficient (Wildman–Crippen LogP) is 2.51. The second-order valence-corrected chi connectivity index (χ2v) is 5.46. The molecule has 0 fully saturated rings. The topological polar surface area (TPSA) is 102 Å². The third-order valence-electron chi connectivity index (χ3n) is 2.35. The van der Waals surface area contributed by atoms with Crippen LogP contribution in [0.15, 0.2) is 24.3 Å². The Balaban J connectivity index is 2.73. The minimum atomic E-state index is -0.969. The number of carbonyl (C=O) groups is 2. The molecule has 0 saturated carbocycles. The highest BCUT2D eigenvalue weighted by Gasteiger charge is 2.17. The van der Waals surface area contributed by atoms with Gasteiger partial charge in [0, 0.05) is 11.7 Å². The summed E-state index contributed by atoms with van der Waals surface area (Å²) in [6.45, 7) is 5.31. The van der Waals surface area contributed by atoms with Gasteiger partial charge in [0.2, 0.25) is 0 Å². The fourth-order valence-corrected chi connectivity index (χ4v) is 1.57. The van der Waals surface area contributed by atoms with Crippen LogP contribution < -0.4 is 11.1 Å². The Morgan fingerprint density at radius 2 is 2.05 bits per heavy atom. The summed E-state index contributed by atoms with van der Waals surface area (Å²) in [5.74, 6) is -0.969. The summed E-state index contributed by atoms with van der Waals surface area (Å²) in [6, 6.07) is 6.11. The Bertz CT molecular complexity index is 494. The molecule has 110 valence electrons. The highest BCUT2D eigenvalue weighted by atomic mass is 16.6. The SMILES string of the molecule is CC(C)(C)OC(=O)Nc1cccc(C(N)CC(=O)O)c1. The van der Waals surface area contributed by atoms with E-state index in [2.05, 4.69) is 5.32 Å². The Morgan fingerprint density at radius 1 is 1.40 bits per heavy atom. The molecular weight excluding hydrogens is 260 g/mol. The van der Waals surface area contributed by atoms with Gasteiger partial charge < -0.3 is 15.6 Å². The molecule has 6 nitrogen and oxygen atoms in total. The average molecular weight is 280 g/mol. The first-order valence-corrected chi connectivity index (χ1v) is 6.25. The second kappa shape index (κ2) is 6.38. The Morgan fingerprint density at radius 3 is 2.60 bits per heavy atom. The number of hydrogen-bond acceptors (Lipinski definition) is 4. The summed E-state index contributed by atoms with van der Waals surface area (Å²) in [4.78, 5) is 22.3. The van der Waals surface area contributed by atoms with Crippen molar-refractivity contribution in [2.24, 2.45) is 5.73 Å².